The molecule has 31 heavy (non-hydrogen) atoms. The summed E-state index contributed by atoms with van der Waals surface area (Å²) in [5, 5.41) is 0. The molecule has 0 heterocycles. The normalized spacial score (nSPS) is 50.5. The minimum atomic E-state index is -1.56. The zero-order chi connectivity index (χ0) is 23.0. The van der Waals surface area contributed by atoms with Crippen molar-refractivity contribution in [2.24, 2.45) is 40.4 Å². The van der Waals surface area contributed by atoms with Crippen LogP contribution in [0.5, 0.6) is 0 Å². The van der Waals surface area contributed by atoms with Gasteiger partial charge in [-0.2, -0.15) is 0 Å². The molecule has 4 heteroatoms. The van der Waals surface area contributed by atoms with E-state index in [2.05, 4.69) is 67.0 Å². The van der Waals surface area contributed by atoms with Crippen molar-refractivity contribution in [1.82, 2.24) is 0 Å². The van der Waals surface area contributed by atoms with E-state index in [1.807, 2.05) is 0 Å². The second-order valence-corrected chi connectivity index (χ2v) is 23.7. The Labute approximate surface area is 195 Å². The van der Waals surface area contributed by atoms with E-state index < -0.39 is 16.6 Å². The van der Waals surface area contributed by atoms with Crippen LogP contribution in [0.1, 0.15) is 79.1 Å². The summed E-state index contributed by atoms with van der Waals surface area (Å²) < 4.78 is 13.6. The van der Waals surface area contributed by atoms with E-state index in [-0.39, 0.29) is 5.60 Å². The summed E-state index contributed by atoms with van der Waals surface area (Å²) in [6, 6.07) is 0. The van der Waals surface area contributed by atoms with Gasteiger partial charge in [0.2, 0.25) is 0 Å². The highest BCUT2D eigenvalue weighted by Gasteiger charge is 2.65. The molecule has 4 saturated carbocycles. The second kappa shape index (κ2) is 7.68. The second-order valence-electron chi connectivity index (χ2n) is 14.8. The first-order valence-electron chi connectivity index (χ1n) is 13.5. The predicted octanol–water partition coefficient (Wildman–Crippen LogP) is 8.11. The molecule has 6 unspecified atom stereocenters. The van der Waals surface area contributed by atoms with Gasteiger partial charge in [-0.25, -0.2) is 0 Å². The quantitative estimate of drug-likeness (QED) is 0.391. The molecule has 0 aromatic carbocycles. The van der Waals surface area contributed by atoms with Crippen LogP contribution < -0.4 is 0 Å². The van der Waals surface area contributed by atoms with E-state index in [0.717, 1.165) is 29.6 Å². The molecule has 0 spiro atoms. The SMILES string of the molecule is CC1C[C@@H]2C[C@H](O[Si](C)(C)C)CCC2(C)C2CCC3(C)C(CC[C@@]3(C)O[Si](C)(C)C)C12. The maximum absolute atomic E-state index is 6.99. The van der Waals surface area contributed by atoms with Crippen molar-refractivity contribution in [3.05, 3.63) is 0 Å². The first kappa shape index (κ1) is 24.5. The van der Waals surface area contributed by atoms with Gasteiger partial charge in [0.25, 0.3) is 0 Å². The van der Waals surface area contributed by atoms with Gasteiger partial charge in [0.05, 0.1) is 5.60 Å². The Hall–Kier alpha value is 0.354. The Bertz CT molecular complexity index is 682. The minimum Gasteiger partial charge on any atom is -0.415 e. The highest BCUT2D eigenvalue weighted by molar-refractivity contribution is 6.70. The fourth-order valence-electron chi connectivity index (χ4n) is 9.28. The van der Waals surface area contributed by atoms with Gasteiger partial charge in [0.15, 0.2) is 16.6 Å². The van der Waals surface area contributed by atoms with Crippen molar-refractivity contribution in [2.45, 2.75) is 130 Å². The number of fused-ring (bicyclic) bond motifs is 5. The molecular formula is C27H52O2Si2. The number of hydrogen-bond acceptors (Lipinski definition) is 2. The molecule has 0 radical (unpaired) electrons. The highest BCUT2D eigenvalue weighted by Crippen LogP contribution is 2.70. The van der Waals surface area contributed by atoms with Crippen LogP contribution in [0.2, 0.25) is 39.3 Å². The Balaban J connectivity index is 1.57. The molecule has 0 saturated heterocycles. The summed E-state index contributed by atoms with van der Waals surface area (Å²) in [5.74, 6) is 4.40. The third-order valence-corrected chi connectivity index (χ3v) is 12.7. The molecule has 0 amide bonds. The molecule has 180 valence electrons. The van der Waals surface area contributed by atoms with Gasteiger partial charge in [-0.3, -0.25) is 0 Å². The van der Waals surface area contributed by atoms with Gasteiger partial charge in [-0.05, 0) is 138 Å². The summed E-state index contributed by atoms with van der Waals surface area (Å²) >= 11 is 0. The Morgan fingerprint density at radius 3 is 2.00 bits per heavy atom. The molecule has 4 rings (SSSR count). The summed E-state index contributed by atoms with van der Waals surface area (Å²) in [4.78, 5) is 0. The average molecular weight is 465 g/mol. The molecule has 4 fully saturated rings. The summed E-state index contributed by atoms with van der Waals surface area (Å²) in [5.41, 5.74) is 0.994. The van der Waals surface area contributed by atoms with Crippen molar-refractivity contribution in [2.75, 3.05) is 0 Å². The molecule has 0 aromatic rings. The van der Waals surface area contributed by atoms with Gasteiger partial charge < -0.3 is 8.85 Å². The topological polar surface area (TPSA) is 18.5 Å². The molecule has 0 aliphatic heterocycles. The smallest absolute Gasteiger partial charge is 0.184 e. The van der Waals surface area contributed by atoms with Crippen LogP contribution in [0.15, 0.2) is 0 Å². The van der Waals surface area contributed by atoms with Crippen LogP contribution in [0.4, 0.5) is 0 Å². The van der Waals surface area contributed by atoms with Gasteiger partial charge in [-0.1, -0.05) is 20.8 Å². The molecule has 9 atom stereocenters. The molecule has 4 aliphatic rings. The van der Waals surface area contributed by atoms with Crippen molar-refractivity contribution < 1.29 is 8.85 Å². The lowest BCUT2D eigenvalue weighted by atomic mass is 9.42. The van der Waals surface area contributed by atoms with E-state index in [1.165, 1.54) is 51.4 Å². The largest absolute Gasteiger partial charge is 0.415 e. The van der Waals surface area contributed by atoms with Crippen LogP contribution >= 0.6 is 0 Å². The molecule has 4 aliphatic carbocycles. The summed E-state index contributed by atoms with van der Waals surface area (Å²) in [6.45, 7) is 24.7. The molecular weight excluding hydrogens is 412 g/mol. The Morgan fingerprint density at radius 2 is 1.39 bits per heavy atom. The first-order valence-corrected chi connectivity index (χ1v) is 20.3. The molecule has 0 N–H and O–H groups in total. The van der Waals surface area contributed by atoms with Crippen LogP contribution in [0.3, 0.4) is 0 Å². The van der Waals surface area contributed by atoms with Crippen molar-refractivity contribution in [3.8, 4) is 0 Å². The van der Waals surface area contributed by atoms with E-state index >= 15 is 0 Å². The van der Waals surface area contributed by atoms with Crippen molar-refractivity contribution >= 4 is 16.6 Å². The van der Waals surface area contributed by atoms with Crippen molar-refractivity contribution in [3.63, 3.8) is 0 Å². The Morgan fingerprint density at radius 1 is 0.742 bits per heavy atom. The van der Waals surface area contributed by atoms with Gasteiger partial charge in [0.1, 0.15) is 0 Å². The zero-order valence-corrected chi connectivity index (χ0v) is 24.4. The average Bonchev–Trinajstić information content (AvgIpc) is 2.84. The first-order chi connectivity index (χ1) is 14.1. The minimum absolute atomic E-state index is 0.0907. The van der Waals surface area contributed by atoms with Gasteiger partial charge >= 0.3 is 0 Å². The summed E-state index contributed by atoms with van der Waals surface area (Å²) in [7, 11) is -3.01. The van der Waals surface area contributed by atoms with Gasteiger partial charge in [-0.15, -0.1) is 0 Å². The molecule has 0 bridgehead atoms. The van der Waals surface area contributed by atoms with Crippen LogP contribution in [-0.4, -0.2) is 28.3 Å². The monoisotopic (exact) mass is 464 g/mol. The van der Waals surface area contributed by atoms with E-state index in [1.54, 1.807) is 0 Å². The lowest BCUT2D eigenvalue weighted by Crippen LogP contribution is -2.60. The fraction of sp³-hybridized carbons (Fsp3) is 1.00. The maximum Gasteiger partial charge on any atom is 0.184 e. The molecule has 2 nitrogen and oxygen atoms in total. The van der Waals surface area contributed by atoms with Crippen LogP contribution in [0.25, 0.3) is 0 Å². The van der Waals surface area contributed by atoms with Crippen molar-refractivity contribution in [1.29, 1.82) is 0 Å². The number of hydrogen-bond donors (Lipinski definition) is 0. The third-order valence-electron chi connectivity index (χ3n) is 10.6. The van der Waals surface area contributed by atoms with E-state index in [9.17, 15) is 0 Å². The fourth-order valence-corrected chi connectivity index (χ4v) is 12.2. The lowest BCUT2D eigenvalue weighted by Gasteiger charge is -2.64. The highest BCUT2D eigenvalue weighted by atomic mass is 28.4. The summed E-state index contributed by atoms with van der Waals surface area (Å²) in [6.07, 6.45) is 11.5. The van der Waals surface area contributed by atoms with Gasteiger partial charge in [0, 0.05) is 6.10 Å². The number of rotatable bonds is 4. The molecule has 0 aromatic heterocycles. The van der Waals surface area contributed by atoms with Crippen LogP contribution in [0, 0.1) is 40.4 Å². The predicted molar refractivity (Wildman–Crippen MR) is 137 cm³/mol. The Kier molecular flexibility index (Phi) is 6.06. The van der Waals surface area contributed by atoms with E-state index in [0.29, 0.717) is 16.9 Å². The lowest BCUT2D eigenvalue weighted by molar-refractivity contribution is -0.165. The zero-order valence-electron chi connectivity index (χ0n) is 22.4. The van der Waals surface area contributed by atoms with E-state index in [4.69, 9.17) is 8.85 Å². The van der Waals surface area contributed by atoms with Crippen LogP contribution in [-0.2, 0) is 8.85 Å². The third kappa shape index (κ3) is 4.19. The standard InChI is InChI=1S/C27H52O2Si2/c1-19-17-20-18-21(28-30(5,6)7)11-14-25(20,2)22-12-15-26(3)23(24(19)22)13-16-27(26,4)29-31(8,9)10/h19-24H,11-18H2,1-10H3/t19?,20-,21-,22?,23?,24?,25?,26?,27-/m1/s1. The maximum atomic E-state index is 6.99.